The Labute approximate surface area is 97.6 Å². The van der Waals surface area contributed by atoms with Crippen molar-refractivity contribution in [2.75, 3.05) is 0 Å². The Morgan fingerprint density at radius 2 is 1.94 bits per heavy atom. The molecule has 0 saturated carbocycles. The molecule has 16 heavy (non-hydrogen) atoms. The van der Waals surface area contributed by atoms with Gasteiger partial charge >= 0.3 is 0 Å². The highest BCUT2D eigenvalue weighted by Crippen LogP contribution is 2.21. The zero-order valence-corrected chi connectivity index (χ0v) is 10.9. The minimum atomic E-state index is -0.138. The molecule has 0 amide bonds. The monoisotopic (exact) mass is 225 g/mol. The number of rotatable bonds is 4. The van der Waals surface area contributed by atoms with Gasteiger partial charge in [-0.2, -0.15) is 4.98 Å². The molecule has 0 fully saturated rings. The molecule has 0 aliphatic carbocycles. The summed E-state index contributed by atoms with van der Waals surface area (Å²) in [6, 6.07) is -0.138. The summed E-state index contributed by atoms with van der Waals surface area (Å²) >= 11 is 0. The fourth-order valence-corrected chi connectivity index (χ4v) is 1.57. The zero-order valence-electron chi connectivity index (χ0n) is 10.9. The first-order chi connectivity index (χ1) is 7.28. The van der Waals surface area contributed by atoms with Crippen LogP contribution in [0.1, 0.15) is 58.8 Å². The SMILES string of the molecule is CC(C)C[C@H](N)c1nc(CC(C)(C)C)no1. The molecule has 0 aliphatic rings. The van der Waals surface area contributed by atoms with Gasteiger partial charge in [-0.05, 0) is 17.8 Å². The fraction of sp³-hybridized carbons (Fsp3) is 0.833. The minimum Gasteiger partial charge on any atom is -0.338 e. The predicted molar refractivity (Wildman–Crippen MR) is 63.8 cm³/mol. The normalized spacial score (nSPS) is 14.4. The van der Waals surface area contributed by atoms with Crippen molar-refractivity contribution in [1.82, 2.24) is 10.1 Å². The molecule has 0 aromatic carbocycles. The molecular weight excluding hydrogens is 202 g/mol. The molecule has 4 nitrogen and oxygen atoms in total. The van der Waals surface area contributed by atoms with Crippen LogP contribution in [-0.4, -0.2) is 10.1 Å². The Morgan fingerprint density at radius 3 is 2.44 bits per heavy atom. The first-order valence-electron chi connectivity index (χ1n) is 5.86. The lowest BCUT2D eigenvalue weighted by atomic mass is 9.92. The maximum atomic E-state index is 5.98. The van der Waals surface area contributed by atoms with Gasteiger partial charge in [-0.3, -0.25) is 0 Å². The molecule has 0 spiro atoms. The quantitative estimate of drug-likeness (QED) is 0.855. The van der Waals surface area contributed by atoms with Crippen LogP contribution in [0, 0.1) is 11.3 Å². The van der Waals surface area contributed by atoms with E-state index in [9.17, 15) is 0 Å². The fourth-order valence-electron chi connectivity index (χ4n) is 1.57. The first-order valence-corrected chi connectivity index (χ1v) is 5.86. The van der Waals surface area contributed by atoms with Crippen LogP contribution in [0.3, 0.4) is 0 Å². The van der Waals surface area contributed by atoms with Gasteiger partial charge in [0.1, 0.15) is 0 Å². The second kappa shape index (κ2) is 4.95. The van der Waals surface area contributed by atoms with E-state index in [-0.39, 0.29) is 11.5 Å². The van der Waals surface area contributed by atoms with Gasteiger partial charge in [-0.1, -0.05) is 39.8 Å². The lowest BCUT2D eigenvalue weighted by Gasteiger charge is -2.14. The smallest absolute Gasteiger partial charge is 0.243 e. The molecule has 0 aliphatic heterocycles. The van der Waals surface area contributed by atoms with Crippen LogP contribution in [0.2, 0.25) is 0 Å². The van der Waals surface area contributed by atoms with Crippen LogP contribution >= 0.6 is 0 Å². The van der Waals surface area contributed by atoms with Crippen molar-refractivity contribution in [3.63, 3.8) is 0 Å². The van der Waals surface area contributed by atoms with E-state index < -0.39 is 0 Å². The Kier molecular flexibility index (Phi) is 4.08. The van der Waals surface area contributed by atoms with Crippen LogP contribution < -0.4 is 5.73 Å². The molecular formula is C12H23N3O. The topological polar surface area (TPSA) is 64.9 Å². The highest BCUT2D eigenvalue weighted by molar-refractivity contribution is 4.94. The maximum absolute atomic E-state index is 5.98. The van der Waals surface area contributed by atoms with E-state index in [1.165, 1.54) is 0 Å². The van der Waals surface area contributed by atoms with Crippen molar-refractivity contribution in [2.45, 2.75) is 53.5 Å². The van der Waals surface area contributed by atoms with Gasteiger partial charge in [0, 0.05) is 6.42 Å². The summed E-state index contributed by atoms with van der Waals surface area (Å²) in [7, 11) is 0. The highest BCUT2D eigenvalue weighted by atomic mass is 16.5. The van der Waals surface area contributed by atoms with E-state index in [4.69, 9.17) is 10.3 Å². The molecule has 1 aromatic rings. The number of hydrogen-bond donors (Lipinski definition) is 1. The lowest BCUT2D eigenvalue weighted by molar-refractivity contribution is 0.326. The van der Waals surface area contributed by atoms with Crippen LogP contribution in [0.25, 0.3) is 0 Å². The van der Waals surface area contributed by atoms with E-state index >= 15 is 0 Å². The van der Waals surface area contributed by atoms with Gasteiger partial charge in [0.25, 0.3) is 0 Å². The van der Waals surface area contributed by atoms with E-state index in [2.05, 4.69) is 44.8 Å². The van der Waals surface area contributed by atoms with Gasteiger partial charge in [-0.25, -0.2) is 0 Å². The van der Waals surface area contributed by atoms with Gasteiger partial charge in [0.15, 0.2) is 5.82 Å². The molecule has 1 rings (SSSR count). The molecule has 0 saturated heterocycles. The summed E-state index contributed by atoms with van der Waals surface area (Å²) in [5.41, 5.74) is 6.15. The zero-order chi connectivity index (χ0) is 12.3. The maximum Gasteiger partial charge on any atom is 0.243 e. The second-order valence-corrected chi connectivity index (χ2v) is 6.02. The number of nitrogens with two attached hydrogens (primary N) is 1. The van der Waals surface area contributed by atoms with Crippen molar-refractivity contribution < 1.29 is 4.52 Å². The predicted octanol–water partition coefficient (Wildman–Crippen LogP) is 2.70. The molecule has 4 heteroatoms. The van der Waals surface area contributed by atoms with Crippen LogP contribution in [0.4, 0.5) is 0 Å². The van der Waals surface area contributed by atoms with Gasteiger partial charge in [0.2, 0.25) is 5.89 Å². The number of nitrogens with zero attached hydrogens (tertiary/aromatic N) is 2. The average Bonchev–Trinajstić information content (AvgIpc) is 2.48. The van der Waals surface area contributed by atoms with E-state index in [1.807, 2.05) is 0 Å². The Hall–Kier alpha value is -0.900. The van der Waals surface area contributed by atoms with Crippen molar-refractivity contribution >= 4 is 0 Å². The van der Waals surface area contributed by atoms with Crippen LogP contribution in [0.15, 0.2) is 4.52 Å². The van der Waals surface area contributed by atoms with Crippen molar-refractivity contribution in [2.24, 2.45) is 17.1 Å². The summed E-state index contributed by atoms with van der Waals surface area (Å²) in [4.78, 5) is 4.35. The van der Waals surface area contributed by atoms with Gasteiger partial charge < -0.3 is 10.3 Å². The first kappa shape index (κ1) is 13.2. The average molecular weight is 225 g/mol. The second-order valence-electron chi connectivity index (χ2n) is 6.02. The van der Waals surface area contributed by atoms with Crippen molar-refractivity contribution in [3.05, 3.63) is 11.7 Å². The largest absolute Gasteiger partial charge is 0.338 e. The summed E-state index contributed by atoms with van der Waals surface area (Å²) in [5, 5.41) is 3.96. The van der Waals surface area contributed by atoms with Crippen LogP contribution in [-0.2, 0) is 6.42 Å². The Balaban J connectivity index is 2.64. The number of hydrogen-bond acceptors (Lipinski definition) is 4. The Morgan fingerprint density at radius 1 is 1.31 bits per heavy atom. The van der Waals surface area contributed by atoms with E-state index in [1.54, 1.807) is 0 Å². The minimum absolute atomic E-state index is 0.138. The highest BCUT2D eigenvalue weighted by Gasteiger charge is 2.19. The third-order valence-corrected chi connectivity index (χ3v) is 2.21. The van der Waals surface area contributed by atoms with Crippen molar-refractivity contribution in [1.29, 1.82) is 0 Å². The van der Waals surface area contributed by atoms with E-state index in [0.717, 1.165) is 18.7 Å². The summed E-state index contributed by atoms with van der Waals surface area (Å²) in [5.74, 6) is 1.85. The van der Waals surface area contributed by atoms with Gasteiger partial charge in [0.05, 0.1) is 6.04 Å². The molecule has 1 aromatic heterocycles. The summed E-state index contributed by atoms with van der Waals surface area (Å²) in [6.45, 7) is 10.7. The van der Waals surface area contributed by atoms with E-state index in [0.29, 0.717) is 11.8 Å². The lowest BCUT2D eigenvalue weighted by Crippen LogP contribution is -2.14. The molecule has 1 heterocycles. The third-order valence-electron chi connectivity index (χ3n) is 2.21. The summed E-state index contributed by atoms with van der Waals surface area (Å²) in [6.07, 6.45) is 1.68. The summed E-state index contributed by atoms with van der Waals surface area (Å²) < 4.78 is 5.19. The molecule has 0 radical (unpaired) electrons. The standard InChI is InChI=1S/C12H23N3O/c1-8(2)6-9(13)11-14-10(15-16-11)7-12(3,4)5/h8-9H,6-7,13H2,1-5H3/t9-/m0/s1. The number of aromatic nitrogens is 2. The molecule has 1 atom stereocenters. The molecule has 2 N–H and O–H groups in total. The van der Waals surface area contributed by atoms with Gasteiger partial charge in [-0.15, -0.1) is 0 Å². The molecule has 92 valence electrons. The molecule has 0 unspecified atom stereocenters. The van der Waals surface area contributed by atoms with Crippen molar-refractivity contribution in [3.8, 4) is 0 Å². The third kappa shape index (κ3) is 4.31. The van der Waals surface area contributed by atoms with Crippen LogP contribution in [0.5, 0.6) is 0 Å². The molecule has 0 bridgehead atoms. The Bertz CT molecular complexity index is 325.